The van der Waals surface area contributed by atoms with Gasteiger partial charge in [0.1, 0.15) is 0 Å². The number of para-hydroxylation sites is 2. The van der Waals surface area contributed by atoms with Crippen LogP contribution in [0.15, 0.2) is 279 Å². The second kappa shape index (κ2) is 17.7. The molecule has 0 bridgehead atoms. The van der Waals surface area contributed by atoms with Crippen molar-refractivity contribution in [2.75, 3.05) is 0 Å². The normalized spacial score (nSPS) is 12.8. The minimum Gasteiger partial charge on any atom is -0.228 e. The molecule has 0 aliphatic heterocycles. The Bertz CT molecular complexity index is 4900. The van der Waals surface area contributed by atoms with Crippen LogP contribution in [0.5, 0.6) is 0 Å². The topological polar surface area (TPSA) is 51.6 Å². The molecule has 2 heterocycles. The maximum absolute atomic E-state index is 5.59. The molecule has 14 aromatic carbocycles. The summed E-state index contributed by atoms with van der Waals surface area (Å²) in [7, 11) is 0. The van der Waals surface area contributed by atoms with Gasteiger partial charge in [0.2, 0.25) is 0 Å². The van der Waals surface area contributed by atoms with Crippen LogP contribution in [0.1, 0.15) is 22.3 Å². The third kappa shape index (κ3) is 6.78. The lowest BCUT2D eigenvalue weighted by atomic mass is 9.67. The number of nitrogens with zero attached hydrogens (tertiary/aromatic N) is 4. The van der Waals surface area contributed by atoms with Crippen LogP contribution in [-0.2, 0) is 5.41 Å². The van der Waals surface area contributed by atoms with Gasteiger partial charge in [-0.2, -0.15) is 0 Å². The molecule has 0 radical (unpaired) electrons. The number of hydrogen-bond acceptors (Lipinski definition) is 4. The van der Waals surface area contributed by atoms with Crippen LogP contribution in [0.2, 0.25) is 0 Å². The predicted octanol–water partition coefficient (Wildman–Crippen LogP) is 19.5. The molecule has 0 amide bonds. The molecule has 16 aromatic rings. The molecular formula is C77H46N4. The Hall–Kier alpha value is -10.7. The molecule has 4 nitrogen and oxygen atoms in total. The van der Waals surface area contributed by atoms with Gasteiger partial charge in [-0.05, 0) is 134 Å². The third-order valence-electron chi connectivity index (χ3n) is 17.3. The summed E-state index contributed by atoms with van der Waals surface area (Å²) in [4.78, 5) is 21.9. The molecule has 0 atom stereocenters. The molecule has 81 heavy (non-hydrogen) atoms. The van der Waals surface area contributed by atoms with Crippen LogP contribution in [0.4, 0.5) is 0 Å². The van der Waals surface area contributed by atoms with Gasteiger partial charge in [-0.1, -0.05) is 243 Å². The quantitative estimate of drug-likeness (QED) is 0.156. The highest BCUT2D eigenvalue weighted by atomic mass is 14.9. The molecule has 0 spiro atoms. The minimum atomic E-state index is -0.733. The largest absolute Gasteiger partial charge is 0.228 e. The van der Waals surface area contributed by atoms with Crippen molar-refractivity contribution in [1.29, 1.82) is 0 Å². The van der Waals surface area contributed by atoms with Gasteiger partial charge in [0.05, 0.1) is 27.8 Å². The summed E-state index contributed by atoms with van der Waals surface area (Å²) in [5.74, 6) is 1.35. The van der Waals surface area contributed by atoms with Crippen molar-refractivity contribution >= 4 is 86.4 Å². The van der Waals surface area contributed by atoms with E-state index in [9.17, 15) is 0 Å². The fourth-order valence-electron chi connectivity index (χ4n) is 13.7. The van der Waals surface area contributed by atoms with E-state index < -0.39 is 5.41 Å². The van der Waals surface area contributed by atoms with E-state index in [-0.39, 0.29) is 0 Å². The lowest BCUT2D eigenvalue weighted by Crippen LogP contribution is -2.28. The summed E-state index contributed by atoms with van der Waals surface area (Å²) in [6.45, 7) is 0. The van der Waals surface area contributed by atoms with Crippen molar-refractivity contribution in [2.45, 2.75) is 5.41 Å². The number of hydrogen-bond donors (Lipinski definition) is 0. The number of benzene rings is 14. The summed E-state index contributed by atoms with van der Waals surface area (Å²) < 4.78 is 0. The van der Waals surface area contributed by atoms with Crippen LogP contribution in [0.3, 0.4) is 0 Å². The first-order valence-electron chi connectivity index (χ1n) is 27.8. The van der Waals surface area contributed by atoms with E-state index in [2.05, 4.69) is 279 Å². The molecule has 0 unspecified atom stereocenters. The summed E-state index contributed by atoms with van der Waals surface area (Å²) in [6, 6.07) is 101. The Morgan fingerprint density at radius 3 is 0.877 bits per heavy atom. The van der Waals surface area contributed by atoms with Gasteiger partial charge in [-0.15, -0.1) is 0 Å². The molecule has 1 aliphatic rings. The zero-order chi connectivity index (χ0) is 53.2. The molecule has 0 N–H and O–H groups in total. The molecule has 374 valence electrons. The standard InChI is InChI=1S/C77H46N4/c1-3-19-51(20-4-1)77(52-21-5-2-6-22-52)69-45-49(75-78-71-33-17-15-31-65(71)73(80-75)47-35-39-61-57-27-9-7-23-53(57)55-25-11-13-29-59(55)67(61)43-47)37-41-63(69)64-42-38-50(46-70(64)77)76-79-72-34-18-16-32-66(72)74(81-76)48-36-40-62-58-28-10-8-24-54(58)56-26-12-14-30-60(56)68(62)44-48/h1-46H. The smallest absolute Gasteiger partial charge is 0.160 e. The van der Waals surface area contributed by atoms with E-state index in [0.29, 0.717) is 11.6 Å². The first kappa shape index (κ1) is 45.3. The van der Waals surface area contributed by atoms with Crippen molar-refractivity contribution in [3.63, 3.8) is 0 Å². The predicted molar refractivity (Wildman–Crippen MR) is 337 cm³/mol. The maximum atomic E-state index is 5.59. The van der Waals surface area contributed by atoms with Gasteiger partial charge in [-0.25, -0.2) is 19.9 Å². The average molecular weight is 1030 g/mol. The Morgan fingerprint density at radius 2 is 0.506 bits per heavy atom. The van der Waals surface area contributed by atoms with Gasteiger partial charge >= 0.3 is 0 Å². The van der Waals surface area contributed by atoms with E-state index in [0.717, 1.165) is 66.6 Å². The van der Waals surface area contributed by atoms with E-state index in [1.54, 1.807) is 0 Å². The highest BCUT2D eigenvalue weighted by molar-refractivity contribution is 6.27. The summed E-state index contributed by atoms with van der Waals surface area (Å²) in [5, 5.41) is 16.9. The zero-order valence-electron chi connectivity index (χ0n) is 43.8. The van der Waals surface area contributed by atoms with Crippen LogP contribution in [0, 0.1) is 0 Å². The van der Waals surface area contributed by atoms with Crippen LogP contribution < -0.4 is 0 Å². The SMILES string of the molecule is c1ccc(C2(c3ccccc3)c3cc(-c4nc(-c5ccc6c7ccccc7c7ccccc7c6c5)c5ccccc5n4)ccc3-c3ccc(-c4nc(-c5ccc6c7ccccc7c7ccccc7c6c5)c5ccccc5n4)cc32)cc1. The minimum absolute atomic E-state index is 0.675. The van der Waals surface area contributed by atoms with Crippen LogP contribution >= 0.6 is 0 Å². The lowest BCUT2D eigenvalue weighted by Gasteiger charge is -2.34. The number of aromatic nitrogens is 4. The van der Waals surface area contributed by atoms with Gasteiger partial charge in [-0.3, -0.25) is 0 Å². The Labute approximate surface area is 467 Å². The Morgan fingerprint density at radius 1 is 0.210 bits per heavy atom. The first-order valence-corrected chi connectivity index (χ1v) is 27.8. The number of rotatable bonds is 6. The van der Waals surface area contributed by atoms with Crippen molar-refractivity contribution in [1.82, 2.24) is 19.9 Å². The molecule has 2 aromatic heterocycles. The molecule has 4 heteroatoms. The summed E-state index contributed by atoms with van der Waals surface area (Å²) >= 11 is 0. The van der Waals surface area contributed by atoms with Crippen molar-refractivity contribution in [3.05, 3.63) is 301 Å². The van der Waals surface area contributed by atoms with Crippen molar-refractivity contribution in [2.24, 2.45) is 0 Å². The Balaban J connectivity index is 0.856. The fourth-order valence-corrected chi connectivity index (χ4v) is 13.7. The monoisotopic (exact) mass is 1030 g/mol. The van der Waals surface area contributed by atoms with E-state index in [1.165, 1.54) is 86.9 Å². The average Bonchev–Trinajstić information content (AvgIpc) is 4.05. The molecular weight excluding hydrogens is 981 g/mol. The fraction of sp³-hybridized carbons (Fsp3) is 0.0130. The van der Waals surface area contributed by atoms with E-state index >= 15 is 0 Å². The van der Waals surface area contributed by atoms with E-state index in [1.807, 2.05) is 0 Å². The molecule has 17 rings (SSSR count). The lowest BCUT2D eigenvalue weighted by molar-refractivity contribution is 0.768. The summed E-state index contributed by atoms with van der Waals surface area (Å²) in [6.07, 6.45) is 0. The van der Waals surface area contributed by atoms with Crippen molar-refractivity contribution < 1.29 is 0 Å². The highest BCUT2D eigenvalue weighted by Gasteiger charge is 2.46. The Kier molecular flexibility index (Phi) is 9.89. The van der Waals surface area contributed by atoms with Gasteiger partial charge < -0.3 is 0 Å². The zero-order valence-corrected chi connectivity index (χ0v) is 43.8. The van der Waals surface area contributed by atoms with Crippen LogP contribution in [0.25, 0.3) is 143 Å². The second-order valence-corrected chi connectivity index (χ2v) is 21.5. The summed E-state index contributed by atoms with van der Waals surface area (Å²) in [5.41, 5.74) is 13.9. The first-order chi connectivity index (χ1) is 40.2. The maximum Gasteiger partial charge on any atom is 0.160 e. The third-order valence-corrected chi connectivity index (χ3v) is 17.3. The second-order valence-electron chi connectivity index (χ2n) is 21.5. The van der Waals surface area contributed by atoms with E-state index in [4.69, 9.17) is 19.9 Å². The molecule has 0 saturated carbocycles. The molecule has 0 fully saturated rings. The van der Waals surface area contributed by atoms with Crippen LogP contribution in [-0.4, -0.2) is 19.9 Å². The molecule has 0 saturated heterocycles. The number of fused-ring (bicyclic) bond motifs is 17. The van der Waals surface area contributed by atoms with Gasteiger partial charge in [0, 0.05) is 33.0 Å². The highest BCUT2D eigenvalue weighted by Crippen LogP contribution is 2.57. The molecule has 1 aliphatic carbocycles. The van der Waals surface area contributed by atoms with Gasteiger partial charge in [0.25, 0.3) is 0 Å². The van der Waals surface area contributed by atoms with Gasteiger partial charge in [0.15, 0.2) is 11.6 Å². The van der Waals surface area contributed by atoms with Crippen molar-refractivity contribution in [3.8, 4) is 56.4 Å².